The van der Waals surface area contributed by atoms with Gasteiger partial charge in [0.15, 0.2) is 0 Å². The molecule has 0 saturated heterocycles. The molecule has 0 atom stereocenters. The van der Waals surface area contributed by atoms with E-state index >= 15 is 0 Å². The van der Waals surface area contributed by atoms with Crippen LogP contribution >= 0.6 is 23.2 Å². The molecule has 4 rings (SSSR count). The summed E-state index contributed by atoms with van der Waals surface area (Å²) in [4.78, 5) is 12.8. The van der Waals surface area contributed by atoms with Gasteiger partial charge in [-0.2, -0.15) is 13.5 Å². The van der Waals surface area contributed by atoms with Gasteiger partial charge in [-0.3, -0.25) is 9.35 Å². The first-order valence-electron chi connectivity index (χ1n) is 11.7. The maximum atomic E-state index is 13.5. The summed E-state index contributed by atoms with van der Waals surface area (Å²) in [6.07, 6.45) is 0.234. The second-order valence-electron chi connectivity index (χ2n) is 8.29. The van der Waals surface area contributed by atoms with Gasteiger partial charge in [0.1, 0.15) is 16.3 Å². The molecule has 0 aliphatic heterocycles. The summed E-state index contributed by atoms with van der Waals surface area (Å²) in [5.74, 6) is -1.13. The molecule has 4 aromatic carbocycles. The molecular formula is C27H22Cl2N3NaO6S. The van der Waals surface area contributed by atoms with Crippen LogP contribution in [0.5, 0.6) is 11.5 Å². The van der Waals surface area contributed by atoms with E-state index in [0.29, 0.717) is 33.8 Å². The van der Waals surface area contributed by atoms with Crippen molar-refractivity contribution in [3.05, 3.63) is 81.8 Å². The van der Waals surface area contributed by atoms with Crippen LogP contribution in [-0.4, -0.2) is 25.5 Å². The number of anilines is 1. The van der Waals surface area contributed by atoms with E-state index in [-0.39, 0.29) is 63.5 Å². The monoisotopic (exact) mass is 609 g/mol. The van der Waals surface area contributed by atoms with Crippen molar-refractivity contribution in [3.63, 3.8) is 0 Å². The van der Waals surface area contributed by atoms with E-state index < -0.39 is 26.7 Å². The van der Waals surface area contributed by atoms with E-state index in [1.54, 1.807) is 56.3 Å². The second kappa shape index (κ2) is 13.3. The smallest absolute Gasteiger partial charge is 0.870 e. The summed E-state index contributed by atoms with van der Waals surface area (Å²) >= 11 is 12.2. The van der Waals surface area contributed by atoms with Crippen molar-refractivity contribution in [1.29, 1.82) is 0 Å². The Hall–Kier alpha value is -2.70. The van der Waals surface area contributed by atoms with Crippen molar-refractivity contribution in [2.45, 2.75) is 25.2 Å². The fourth-order valence-electron chi connectivity index (χ4n) is 4.01. The zero-order valence-electron chi connectivity index (χ0n) is 21.7. The summed E-state index contributed by atoms with van der Waals surface area (Å²) < 4.78 is 39.6. The molecule has 4 aromatic rings. The van der Waals surface area contributed by atoms with E-state index in [2.05, 4.69) is 15.5 Å². The van der Waals surface area contributed by atoms with Crippen molar-refractivity contribution in [2.75, 3.05) is 11.9 Å². The van der Waals surface area contributed by atoms with Gasteiger partial charge in [-0.05, 0) is 54.6 Å². The number of rotatable bonds is 8. The first-order chi connectivity index (χ1) is 18.5. The summed E-state index contributed by atoms with van der Waals surface area (Å²) in [6.45, 7) is 3.79. The molecule has 0 unspecified atom stereocenters. The van der Waals surface area contributed by atoms with Crippen LogP contribution in [0.25, 0.3) is 10.8 Å². The Morgan fingerprint density at radius 1 is 1.02 bits per heavy atom. The molecule has 0 spiro atoms. The van der Waals surface area contributed by atoms with Crippen molar-refractivity contribution < 1.29 is 57.2 Å². The average molecular weight is 610 g/mol. The van der Waals surface area contributed by atoms with E-state index in [0.717, 1.165) is 0 Å². The first-order valence-corrected chi connectivity index (χ1v) is 13.9. The van der Waals surface area contributed by atoms with Gasteiger partial charge in [-0.25, -0.2) is 0 Å². The first kappa shape index (κ1) is 31.8. The number of benzene rings is 4. The number of fused-ring (bicyclic) bond motifs is 1. The minimum Gasteiger partial charge on any atom is -0.870 e. The van der Waals surface area contributed by atoms with Gasteiger partial charge in [0.2, 0.25) is 0 Å². The molecule has 0 fully saturated rings. The van der Waals surface area contributed by atoms with Gasteiger partial charge >= 0.3 is 29.6 Å². The van der Waals surface area contributed by atoms with Crippen LogP contribution in [0.4, 0.5) is 17.1 Å². The molecule has 0 radical (unpaired) electrons. The standard InChI is InChI=1S/C27H23Cl2N3O6S.Na/c1-3-15-11-18(29)13-22(26(15)39(35,36)37)31-32-24-19-8-6-5-7-16(19)12-20(25(24)33)27(34)30-21-10-9-17(28)14-23(21)38-4-2;/h5-14,33H,3-4H2,1-2H3,(H,30,34)(H,35,36,37);/q;+1/p-1. The summed E-state index contributed by atoms with van der Waals surface area (Å²) in [5, 5.41) is 25.7. The minimum atomic E-state index is -4.69. The number of azo groups is 1. The number of hydrogen-bond donors (Lipinski definition) is 2. The van der Waals surface area contributed by atoms with Gasteiger partial charge in [-0.15, -0.1) is 5.11 Å². The van der Waals surface area contributed by atoms with Crippen LogP contribution in [0.3, 0.4) is 0 Å². The third kappa shape index (κ3) is 6.95. The maximum absolute atomic E-state index is 13.5. The fraction of sp³-hybridized carbons (Fsp3) is 0.148. The number of aryl methyl sites for hydroxylation is 1. The van der Waals surface area contributed by atoms with Crippen molar-refractivity contribution in [3.8, 4) is 11.5 Å². The van der Waals surface area contributed by atoms with Gasteiger partial charge in [0.05, 0.1) is 18.0 Å². The maximum Gasteiger partial charge on any atom is 1.00 e. The molecular weight excluding hydrogens is 588 g/mol. The Morgan fingerprint density at radius 2 is 1.75 bits per heavy atom. The Bertz CT molecular complexity index is 1730. The van der Waals surface area contributed by atoms with Crippen LogP contribution in [-0.2, 0) is 16.5 Å². The zero-order valence-corrected chi connectivity index (χ0v) is 26.1. The molecule has 202 valence electrons. The Labute approximate surface area is 263 Å². The molecule has 2 N–H and O–H groups in total. The van der Waals surface area contributed by atoms with Gasteiger partial charge < -0.3 is 15.2 Å². The van der Waals surface area contributed by atoms with Gasteiger partial charge in [0, 0.05) is 27.1 Å². The van der Waals surface area contributed by atoms with Crippen LogP contribution in [0, 0.1) is 0 Å². The number of nitrogens with zero attached hydrogens (tertiary/aromatic N) is 2. The predicted molar refractivity (Wildman–Crippen MR) is 149 cm³/mol. The molecule has 1 amide bonds. The summed E-state index contributed by atoms with van der Waals surface area (Å²) in [7, 11) is -4.69. The molecule has 40 heavy (non-hydrogen) atoms. The van der Waals surface area contributed by atoms with Crippen molar-refractivity contribution >= 4 is 67.1 Å². The number of carbonyl (C=O) groups excluding carboxylic acids is 1. The van der Waals surface area contributed by atoms with Crippen LogP contribution in [0.15, 0.2) is 75.8 Å². The second-order valence-corrected chi connectivity index (χ2v) is 10.5. The topological polar surface area (TPSA) is 140 Å². The average Bonchev–Trinajstić information content (AvgIpc) is 2.88. The SMILES string of the molecule is CCOc1cc(Cl)ccc1NC(=O)c1cc2ccccc2c(N=Nc2cc(Cl)cc(CC)c2S(=O)(=O)O)c1[O-].[Na+]. The Kier molecular flexibility index (Phi) is 10.6. The zero-order chi connectivity index (χ0) is 28.3. The van der Waals surface area contributed by atoms with E-state index in [1.165, 1.54) is 18.2 Å². The molecule has 0 aromatic heterocycles. The Balaban J connectivity index is 0.00000441. The minimum absolute atomic E-state index is 0. The number of amides is 1. The molecule has 13 heteroatoms. The number of hydrogen-bond acceptors (Lipinski definition) is 7. The third-order valence-corrected chi connectivity index (χ3v) is 7.16. The molecule has 0 heterocycles. The molecule has 0 aliphatic carbocycles. The summed E-state index contributed by atoms with van der Waals surface area (Å²) in [5.41, 5.74) is -0.130. The number of ether oxygens (including phenoxy) is 1. The van der Waals surface area contributed by atoms with Crippen molar-refractivity contribution in [1.82, 2.24) is 0 Å². The summed E-state index contributed by atoms with van der Waals surface area (Å²) in [6, 6.07) is 15.4. The quantitative estimate of drug-likeness (QED) is 0.175. The third-order valence-electron chi connectivity index (χ3n) is 5.72. The fourth-order valence-corrected chi connectivity index (χ4v) is 5.31. The van der Waals surface area contributed by atoms with Crippen LogP contribution in [0.2, 0.25) is 10.0 Å². The van der Waals surface area contributed by atoms with E-state index in [9.17, 15) is 22.9 Å². The largest absolute Gasteiger partial charge is 1.00 e. The van der Waals surface area contributed by atoms with Gasteiger partial charge in [0.25, 0.3) is 16.0 Å². The van der Waals surface area contributed by atoms with Crippen LogP contribution < -0.4 is 44.7 Å². The molecule has 0 bridgehead atoms. The predicted octanol–water partition coefficient (Wildman–Crippen LogP) is 4.10. The normalized spacial score (nSPS) is 11.4. The van der Waals surface area contributed by atoms with Crippen LogP contribution in [0.1, 0.15) is 29.8 Å². The molecule has 0 saturated carbocycles. The molecule has 9 nitrogen and oxygen atoms in total. The van der Waals surface area contributed by atoms with Gasteiger partial charge in [-0.1, -0.05) is 60.1 Å². The number of nitrogens with one attached hydrogen (secondary N) is 1. The number of carbonyl (C=O) groups is 1. The van der Waals surface area contributed by atoms with E-state index in [4.69, 9.17) is 27.9 Å². The Morgan fingerprint density at radius 3 is 2.42 bits per heavy atom. The van der Waals surface area contributed by atoms with E-state index in [1.807, 2.05) is 0 Å². The molecule has 0 aliphatic rings. The van der Waals surface area contributed by atoms with Crippen molar-refractivity contribution in [2.24, 2.45) is 10.2 Å². The number of halogens is 2.